The van der Waals surface area contributed by atoms with Crippen LogP contribution >= 0.6 is 0 Å². The minimum atomic E-state index is -3.75. The molecule has 4 aromatic rings. The van der Waals surface area contributed by atoms with Gasteiger partial charge in [0, 0.05) is 29.9 Å². The largest absolute Gasteiger partial charge is 0.326 e. The van der Waals surface area contributed by atoms with Gasteiger partial charge in [0.15, 0.2) is 0 Å². The Morgan fingerprint density at radius 1 is 0.914 bits per heavy atom. The second kappa shape index (κ2) is 10.7. The summed E-state index contributed by atoms with van der Waals surface area (Å²) in [7, 11) is -3.75. The van der Waals surface area contributed by atoms with Crippen molar-refractivity contribution >= 4 is 38.2 Å². The second-order valence-electron chi connectivity index (χ2n) is 8.16. The summed E-state index contributed by atoms with van der Waals surface area (Å²) in [4.78, 5) is 14.7. The number of aryl methyl sites for hydroxylation is 1. The Morgan fingerprint density at radius 2 is 1.63 bits per heavy atom. The maximum Gasteiger partial charge on any atom is 0.326 e. The predicted octanol–water partition coefficient (Wildman–Crippen LogP) is 5.69. The van der Waals surface area contributed by atoms with Crippen molar-refractivity contribution in [2.45, 2.75) is 18.2 Å². The van der Waals surface area contributed by atoms with E-state index in [1.54, 1.807) is 30.3 Å². The zero-order valence-corrected chi connectivity index (χ0v) is 20.1. The van der Waals surface area contributed by atoms with Crippen LogP contribution in [0.5, 0.6) is 0 Å². The molecule has 0 aromatic heterocycles. The molecule has 6 nitrogen and oxygen atoms in total. The molecule has 0 heterocycles. The molecule has 0 unspecified atom stereocenters. The number of hydrogen-bond donors (Lipinski definition) is 2. The van der Waals surface area contributed by atoms with E-state index in [9.17, 15) is 17.6 Å². The van der Waals surface area contributed by atoms with Gasteiger partial charge < -0.3 is 5.32 Å². The summed E-state index contributed by atoms with van der Waals surface area (Å²) in [6.07, 6.45) is 0.350. The Balaban J connectivity index is 1.45. The molecule has 0 aliphatic rings. The molecule has 0 fully saturated rings. The highest BCUT2D eigenvalue weighted by Crippen LogP contribution is 2.23. The van der Waals surface area contributed by atoms with E-state index in [1.165, 1.54) is 29.2 Å². The van der Waals surface area contributed by atoms with Crippen LogP contribution in [0.25, 0.3) is 10.8 Å². The van der Waals surface area contributed by atoms with Crippen molar-refractivity contribution in [3.8, 4) is 0 Å². The summed E-state index contributed by atoms with van der Waals surface area (Å²) < 4.78 is 42.0. The molecular formula is C27H26FN3O3S. The standard InChI is InChI=1S/C27H26FN3O3S/c1-20-7-4-10-23(19-20)30-27(32)31(24-15-13-22(28)14-16-24)18-6-17-29-35(33,34)26-12-5-9-21-8-2-3-11-25(21)26/h2-5,7-16,19,29H,6,17-18H2,1H3,(H,30,32). The predicted molar refractivity (Wildman–Crippen MR) is 138 cm³/mol. The lowest BCUT2D eigenvalue weighted by Crippen LogP contribution is -2.37. The Bertz CT molecular complexity index is 1430. The van der Waals surface area contributed by atoms with Crippen LogP contribution in [0.1, 0.15) is 12.0 Å². The quantitative estimate of drug-likeness (QED) is 0.311. The fourth-order valence-corrected chi connectivity index (χ4v) is 5.14. The van der Waals surface area contributed by atoms with Crippen LogP contribution in [0.3, 0.4) is 0 Å². The van der Waals surface area contributed by atoms with Crippen molar-refractivity contribution in [3.63, 3.8) is 0 Å². The average molecular weight is 492 g/mol. The van der Waals surface area contributed by atoms with Crippen LogP contribution in [-0.2, 0) is 10.0 Å². The molecule has 4 rings (SSSR count). The molecule has 0 radical (unpaired) electrons. The minimum absolute atomic E-state index is 0.126. The first-order valence-electron chi connectivity index (χ1n) is 11.2. The van der Waals surface area contributed by atoms with Gasteiger partial charge in [-0.05, 0) is 66.8 Å². The van der Waals surface area contributed by atoms with Crippen molar-refractivity contribution in [1.82, 2.24) is 4.72 Å². The van der Waals surface area contributed by atoms with Crippen LogP contribution < -0.4 is 14.9 Å². The van der Waals surface area contributed by atoms with E-state index in [1.807, 2.05) is 43.3 Å². The number of halogens is 1. The normalized spacial score (nSPS) is 11.4. The highest BCUT2D eigenvalue weighted by Gasteiger charge is 2.19. The van der Waals surface area contributed by atoms with Crippen LogP contribution in [0.2, 0.25) is 0 Å². The molecule has 180 valence electrons. The van der Waals surface area contributed by atoms with Gasteiger partial charge in [0.2, 0.25) is 10.0 Å². The molecular weight excluding hydrogens is 465 g/mol. The number of nitrogens with zero attached hydrogens (tertiary/aromatic N) is 1. The number of fused-ring (bicyclic) bond motifs is 1. The summed E-state index contributed by atoms with van der Waals surface area (Å²) >= 11 is 0. The third-order valence-electron chi connectivity index (χ3n) is 5.54. The lowest BCUT2D eigenvalue weighted by atomic mass is 10.1. The van der Waals surface area contributed by atoms with Gasteiger partial charge in [-0.1, -0.05) is 48.5 Å². The van der Waals surface area contributed by atoms with Crippen molar-refractivity contribution in [2.24, 2.45) is 0 Å². The summed E-state index contributed by atoms with van der Waals surface area (Å²) in [5.74, 6) is -0.407. The van der Waals surface area contributed by atoms with E-state index in [0.29, 0.717) is 23.2 Å². The lowest BCUT2D eigenvalue weighted by Gasteiger charge is -2.23. The highest BCUT2D eigenvalue weighted by atomic mass is 32.2. The van der Waals surface area contributed by atoms with Crippen LogP contribution in [0.4, 0.5) is 20.6 Å². The fraction of sp³-hybridized carbons (Fsp3) is 0.148. The Morgan fingerprint density at radius 3 is 2.40 bits per heavy atom. The summed E-state index contributed by atoms with van der Waals surface area (Å²) in [6.45, 7) is 2.28. The summed E-state index contributed by atoms with van der Waals surface area (Å²) in [6, 6.07) is 25.1. The molecule has 0 spiro atoms. The van der Waals surface area contributed by atoms with Gasteiger partial charge in [0.1, 0.15) is 5.82 Å². The van der Waals surface area contributed by atoms with E-state index in [2.05, 4.69) is 10.0 Å². The van der Waals surface area contributed by atoms with E-state index < -0.39 is 15.8 Å². The Labute approximate surface area is 204 Å². The van der Waals surface area contributed by atoms with Crippen molar-refractivity contribution in [1.29, 1.82) is 0 Å². The van der Waals surface area contributed by atoms with Gasteiger partial charge in [0.25, 0.3) is 0 Å². The van der Waals surface area contributed by atoms with Crippen LogP contribution in [-0.4, -0.2) is 27.5 Å². The smallest absolute Gasteiger partial charge is 0.308 e. The van der Waals surface area contributed by atoms with Gasteiger partial charge in [-0.3, -0.25) is 4.90 Å². The number of anilines is 2. The number of urea groups is 1. The molecule has 0 atom stereocenters. The maximum absolute atomic E-state index is 13.5. The summed E-state index contributed by atoms with van der Waals surface area (Å²) in [5, 5.41) is 4.34. The molecule has 0 saturated carbocycles. The topological polar surface area (TPSA) is 78.5 Å². The van der Waals surface area contributed by atoms with Crippen LogP contribution in [0, 0.1) is 12.7 Å². The van der Waals surface area contributed by atoms with Crippen LogP contribution in [0.15, 0.2) is 95.9 Å². The van der Waals surface area contributed by atoms with Crippen molar-refractivity contribution in [2.75, 3.05) is 23.3 Å². The first-order chi connectivity index (χ1) is 16.8. The number of benzene rings is 4. The number of hydrogen-bond acceptors (Lipinski definition) is 3. The van der Waals surface area contributed by atoms with Gasteiger partial charge in [-0.25, -0.2) is 22.3 Å². The monoisotopic (exact) mass is 491 g/mol. The average Bonchev–Trinajstić information content (AvgIpc) is 2.84. The lowest BCUT2D eigenvalue weighted by molar-refractivity contribution is 0.257. The molecule has 2 amide bonds. The molecule has 0 saturated heterocycles. The van der Waals surface area contributed by atoms with E-state index >= 15 is 0 Å². The number of sulfonamides is 1. The molecule has 2 N–H and O–H groups in total. The fourth-order valence-electron chi connectivity index (χ4n) is 3.83. The molecule has 8 heteroatoms. The molecule has 4 aromatic carbocycles. The van der Waals surface area contributed by atoms with Gasteiger partial charge >= 0.3 is 6.03 Å². The summed E-state index contributed by atoms with van der Waals surface area (Å²) in [5.41, 5.74) is 2.14. The van der Waals surface area contributed by atoms with Crippen molar-refractivity contribution < 1.29 is 17.6 Å². The third-order valence-corrected chi connectivity index (χ3v) is 7.06. The molecule has 35 heavy (non-hydrogen) atoms. The first-order valence-corrected chi connectivity index (χ1v) is 12.7. The Kier molecular flexibility index (Phi) is 7.43. The number of rotatable bonds is 8. The number of carbonyl (C=O) groups excluding carboxylic acids is 1. The highest BCUT2D eigenvalue weighted by molar-refractivity contribution is 7.89. The number of amides is 2. The number of carbonyl (C=O) groups is 1. The molecule has 0 aliphatic carbocycles. The van der Waals surface area contributed by atoms with E-state index in [4.69, 9.17) is 0 Å². The van der Waals surface area contributed by atoms with E-state index in [-0.39, 0.29) is 24.0 Å². The van der Waals surface area contributed by atoms with Gasteiger partial charge in [0.05, 0.1) is 4.90 Å². The SMILES string of the molecule is Cc1cccc(NC(=O)N(CCCNS(=O)(=O)c2cccc3ccccc23)c2ccc(F)cc2)c1. The maximum atomic E-state index is 13.5. The molecule has 0 aliphatic heterocycles. The van der Waals surface area contributed by atoms with Crippen molar-refractivity contribution in [3.05, 3.63) is 102 Å². The first kappa shape index (κ1) is 24.4. The molecule has 0 bridgehead atoms. The zero-order chi connectivity index (χ0) is 24.8. The van der Waals surface area contributed by atoms with Gasteiger partial charge in [-0.2, -0.15) is 0 Å². The second-order valence-corrected chi connectivity index (χ2v) is 9.89. The Hall–Kier alpha value is -3.75. The minimum Gasteiger partial charge on any atom is -0.308 e. The zero-order valence-electron chi connectivity index (χ0n) is 19.2. The van der Waals surface area contributed by atoms with Gasteiger partial charge in [-0.15, -0.1) is 0 Å². The van der Waals surface area contributed by atoms with E-state index in [0.717, 1.165) is 10.9 Å². The third kappa shape index (κ3) is 6.03. The number of nitrogens with one attached hydrogen (secondary N) is 2.